The number of carbonyl (C=O) groups is 1. The standard InChI is InChI=1S/C19H18N2O3/c1-23-19(22)16-10-14-8-5-9-15-11-20-24-18(15)17(14)21(16)12-13-6-3-2-4-7-13/h2-4,6-7,10-11H,5,8-9,12H2,1H3. The molecule has 1 aromatic carbocycles. The van der Waals surface area contributed by atoms with Gasteiger partial charge in [0.25, 0.3) is 0 Å². The van der Waals surface area contributed by atoms with Crippen LogP contribution in [-0.4, -0.2) is 22.8 Å². The molecule has 3 aromatic rings. The van der Waals surface area contributed by atoms with E-state index in [4.69, 9.17) is 9.26 Å². The normalized spacial score (nSPS) is 13.0. The van der Waals surface area contributed by atoms with E-state index in [1.54, 1.807) is 6.20 Å². The Bertz CT molecular complexity index is 877. The summed E-state index contributed by atoms with van der Waals surface area (Å²) in [6, 6.07) is 12.0. The van der Waals surface area contributed by atoms with Crippen LogP contribution in [0.15, 0.2) is 47.1 Å². The highest BCUT2D eigenvalue weighted by atomic mass is 16.5. The lowest BCUT2D eigenvalue weighted by Crippen LogP contribution is -2.12. The summed E-state index contributed by atoms with van der Waals surface area (Å²) in [5.41, 5.74) is 4.82. The molecule has 0 unspecified atom stereocenters. The van der Waals surface area contributed by atoms with Crippen LogP contribution in [0.2, 0.25) is 0 Å². The van der Waals surface area contributed by atoms with E-state index in [0.717, 1.165) is 47.4 Å². The first-order valence-electron chi connectivity index (χ1n) is 8.06. The molecule has 24 heavy (non-hydrogen) atoms. The Morgan fingerprint density at radius 2 is 2.04 bits per heavy atom. The van der Waals surface area contributed by atoms with E-state index in [2.05, 4.69) is 5.16 Å². The van der Waals surface area contributed by atoms with Crippen LogP contribution in [0.1, 0.15) is 33.6 Å². The minimum absolute atomic E-state index is 0.333. The van der Waals surface area contributed by atoms with Gasteiger partial charge in [-0.3, -0.25) is 0 Å². The van der Waals surface area contributed by atoms with Crippen molar-refractivity contribution in [3.8, 4) is 11.5 Å². The molecule has 0 atom stereocenters. The quantitative estimate of drug-likeness (QED) is 0.693. The number of fused-ring (bicyclic) bond motifs is 3. The summed E-state index contributed by atoms with van der Waals surface area (Å²) in [7, 11) is 1.41. The van der Waals surface area contributed by atoms with Crippen molar-refractivity contribution in [2.75, 3.05) is 7.11 Å². The van der Waals surface area contributed by atoms with E-state index in [9.17, 15) is 4.79 Å². The van der Waals surface area contributed by atoms with Crippen LogP contribution in [0.4, 0.5) is 0 Å². The summed E-state index contributed by atoms with van der Waals surface area (Å²) < 4.78 is 12.5. The number of carbonyl (C=O) groups excluding carboxylic acids is 1. The van der Waals surface area contributed by atoms with E-state index >= 15 is 0 Å². The maximum absolute atomic E-state index is 12.3. The lowest BCUT2D eigenvalue weighted by molar-refractivity contribution is 0.0589. The molecule has 0 amide bonds. The zero-order chi connectivity index (χ0) is 16.5. The molecule has 122 valence electrons. The largest absolute Gasteiger partial charge is 0.464 e. The Morgan fingerprint density at radius 1 is 1.25 bits per heavy atom. The summed E-state index contributed by atoms with van der Waals surface area (Å²) >= 11 is 0. The van der Waals surface area contributed by atoms with Gasteiger partial charge in [-0.05, 0) is 36.5 Å². The number of ether oxygens (including phenoxy) is 1. The van der Waals surface area contributed by atoms with Crippen molar-refractivity contribution in [1.29, 1.82) is 0 Å². The molecule has 0 fully saturated rings. The molecule has 0 saturated heterocycles. The van der Waals surface area contributed by atoms with Crippen LogP contribution in [0.3, 0.4) is 0 Å². The monoisotopic (exact) mass is 322 g/mol. The molecule has 1 aliphatic rings. The highest BCUT2D eigenvalue weighted by Gasteiger charge is 2.27. The number of esters is 1. The van der Waals surface area contributed by atoms with Crippen LogP contribution in [-0.2, 0) is 24.1 Å². The molecule has 0 aliphatic heterocycles. The lowest BCUT2D eigenvalue weighted by Gasteiger charge is -2.12. The van der Waals surface area contributed by atoms with Gasteiger partial charge in [-0.2, -0.15) is 0 Å². The zero-order valence-electron chi connectivity index (χ0n) is 13.5. The molecule has 0 saturated carbocycles. The Labute approximate surface area is 139 Å². The van der Waals surface area contributed by atoms with Gasteiger partial charge in [0, 0.05) is 12.1 Å². The number of rotatable bonds is 3. The van der Waals surface area contributed by atoms with E-state index in [-0.39, 0.29) is 5.97 Å². The van der Waals surface area contributed by atoms with E-state index in [1.165, 1.54) is 7.11 Å². The molecule has 2 heterocycles. The summed E-state index contributed by atoms with van der Waals surface area (Å²) in [5.74, 6) is 0.439. The van der Waals surface area contributed by atoms with Crippen molar-refractivity contribution in [1.82, 2.24) is 9.72 Å². The third kappa shape index (κ3) is 2.42. The fourth-order valence-electron chi connectivity index (χ4n) is 3.37. The minimum Gasteiger partial charge on any atom is -0.464 e. The lowest BCUT2D eigenvalue weighted by atomic mass is 10.1. The number of benzene rings is 1. The van der Waals surface area contributed by atoms with Gasteiger partial charge in [-0.25, -0.2) is 4.79 Å². The third-order valence-electron chi connectivity index (χ3n) is 4.51. The summed E-state index contributed by atoms with van der Waals surface area (Å²) in [4.78, 5) is 12.3. The number of aromatic nitrogens is 2. The average molecular weight is 322 g/mol. The zero-order valence-corrected chi connectivity index (χ0v) is 13.5. The third-order valence-corrected chi connectivity index (χ3v) is 4.51. The molecule has 5 heteroatoms. The van der Waals surface area contributed by atoms with Gasteiger partial charge in [-0.15, -0.1) is 0 Å². The number of hydrogen-bond acceptors (Lipinski definition) is 4. The fourth-order valence-corrected chi connectivity index (χ4v) is 3.37. The Kier molecular flexibility index (Phi) is 3.69. The Hall–Kier alpha value is -2.82. The maximum atomic E-state index is 12.3. The minimum atomic E-state index is -0.333. The topological polar surface area (TPSA) is 57.3 Å². The first-order valence-corrected chi connectivity index (χ1v) is 8.06. The van der Waals surface area contributed by atoms with Gasteiger partial charge in [0.05, 0.1) is 19.0 Å². The second kappa shape index (κ2) is 6.00. The van der Waals surface area contributed by atoms with Gasteiger partial charge in [-0.1, -0.05) is 35.5 Å². The highest BCUT2D eigenvalue weighted by Crippen LogP contribution is 2.35. The predicted octanol–water partition coefficient (Wildman–Crippen LogP) is 3.47. The van der Waals surface area contributed by atoms with E-state index in [1.807, 2.05) is 41.0 Å². The smallest absolute Gasteiger partial charge is 0.354 e. The molecule has 0 radical (unpaired) electrons. The number of aryl methyl sites for hydroxylation is 2. The van der Waals surface area contributed by atoms with Crippen molar-refractivity contribution in [3.05, 3.63) is 65.0 Å². The van der Waals surface area contributed by atoms with Crippen molar-refractivity contribution in [2.45, 2.75) is 25.8 Å². The number of hydrogen-bond donors (Lipinski definition) is 0. The van der Waals surface area contributed by atoms with Gasteiger partial charge in [0.1, 0.15) is 5.69 Å². The second-order valence-corrected chi connectivity index (χ2v) is 6.00. The van der Waals surface area contributed by atoms with Crippen LogP contribution in [0.25, 0.3) is 11.5 Å². The molecule has 2 aromatic heterocycles. The van der Waals surface area contributed by atoms with Crippen LogP contribution in [0, 0.1) is 0 Å². The summed E-state index contributed by atoms with van der Waals surface area (Å²) in [5, 5.41) is 3.96. The summed E-state index contributed by atoms with van der Waals surface area (Å²) in [6.45, 7) is 0.584. The first kappa shape index (κ1) is 14.8. The Balaban J connectivity index is 1.91. The van der Waals surface area contributed by atoms with Crippen molar-refractivity contribution in [2.24, 2.45) is 0 Å². The molecule has 5 nitrogen and oxygen atoms in total. The molecular formula is C19H18N2O3. The van der Waals surface area contributed by atoms with Crippen LogP contribution >= 0.6 is 0 Å². The molecule has 0 bridgehead atoms. The van der Waals surface area contributed by atoms with Gasteiger partial charge >= 0.3 is 5.97 Å². The Morgan fingerprint density at radius 3 is 2.83 bits per heavy atom. The molecular weight excluding hydrogens is 304 g/mol. The second-order valence-electron chi connectivity index (χ2n) is 6.00. The predicted molar refractivity (Wildman–Crippen MR) is 88.8 cm³/mol. The maximum Gasteiger partial charge on any atom is 0.354 e. The number of nitrogens with zero attached hydrogens (tertiary/aromatic N) is 2. The van der Waals surface area contributed by atoms with Crippen molar-refractivity contribution in [3.63, 3.8) is 0 Å². The van der Waals surface area contributed by atoms with Crippen molar-refractivity contribution < 1.29 is 14.1 Å². The summed E-state index contributed by atoms with van der Waals surface area (Å²) in [6.07, 6.45) is 4.64. The molecule has 0 spiro atoms. The first-order chi connectivity index (χ1) is 11.8. The highest BCUT2D eigenvalue weighted by molar-refractivity contribution is 5.90. The molecule has 4 rings (SSSR count). The molecule has 0 N–H and O–H groups in total. The van der Waals surface area contributed by atoms with Gasteiger partial charge in [0.2, 0.25) is 0 Å². The molecule has 1 aliphatic carbocycles. The van der Waals surface area contributed by atoms with E-state index in [0.29, 0.717) is 12.2 Å². The number of methoxy groups -OCH3 is 1. The van der Waals surface area contributed by atoms with E-state index < -0.39 is 0 Å². The van der Waals surface area contributed by atoms with Crippen LogP contribution < -0.4 is 0 Å². The average Bonchev–Trinajstić information content (AvgIpc) is 3.16. The van der Waals surface area contributed by atoms with Gasteiger partial charge < -0.3 is 13.8 Å². The van der Waals surface area contributed by atoms with Crippen molar-refractivity contribution >= 4 is 5.97 Å². The van der Waals surface area contributed by atoms with Gasteiger partial charge in [0.15, 0.2) is 5.76 Å². The fraction of sp³-hybridized carbons (Fsp3) is 0.263. The van der Waals surface area contributed by atoms with Crippen LogP contribution in [0.5, 0.6) is 0 Å². The SMILES string of the molecule is COC(=O)c1cc2c(n1Cc1ccccc1)-c1oncc1CCC2.